The zero-order valence-corrected chi connectivity index (χ0v) is 12.0. The summed E-state index contributed by atoms with van der Waals surface area (Å²) < 4.78 is 13.0. The number of anilines is 1. The third kappa shape index (κ3) is 3.57. The molecular formula is C16H13FN4O2. The topological polar surface area (TPSA) is 83.5 Å². The van der Waals surface area contributed by atoms with E-state index in [1.807, 2.05) is 0 Å². The molecule has 0 saturated carbocycles. The number of hydrogen-bond donors (Lipinski definition) is 2. The quantitative estimate of drug-likeness (QED) is 0.851. The van der Waals surface area contributed by atoms with Crippen LogP contribution in [0.25, 0.3) is 0 Å². The smallest absolute Gasteiger partial charge is 0.274 e. The van der Waals surface area contributed by atoms with Gasteiger partial charge in [-0.15, -0.1) is 0 Å². The van der Waals surface area contributed by atoms with E-state index in [0.29, 0.717) is 18.5 Å². The Morgan fingerprint density at radius 3 is 2.57 bits per heavy atom. The average molecular weight is 312 g/mol. The predicted molar refractivity (Wildman–Crippen MR) is 82.5 cm³/mol. The third-order valence-corrected chi connectivity index (χ3v) is 3.33. The number of hydrazone groups is 1. The van der Waals surface area contributed by atoms with Crippen molar-refractivity contribution in [2.75, 3.05) is 5.32 Å². The van der Waals surface area contributed by atoms with Crippen LogP contribution in [-0.4, -0.2) is 22.5 Å². The lowest BCUT2D eigenvalue weighted by Gasteiger charge is -2.12. The molecule has 1 aromatic carbocycles. The maximum Gasteiger partial charge on any atom is 0.274 e. The zero-order chi connectivity index (χ0) is 16.2. The highest BCUT2D eigenvalue weighted by molar-refractivity contribution is 6.05. The molecule has 2 heterocycles. The molecule has 2 amide bonds. The van der Waals surface area contributed by atoms with Crippen LogP contribution in [0.15, 0.2) is 47.6 Å². The molecule has 1 aliphatic rings. The van der Waals surface area contributed by atoms with Gasteiger partial charge in [0.25, 0.3) is 5.91 Å². The number of carbonyl (C=O) groups excluding carboxylic acids is 2. The minimum Gasteiger partial charge on any atom is -0.321 e. The van der Waals surface area contributed by atoms with Crippen LogP contribution in [0.5, 0.6) is 0 Å². The molecule has 6 nitrogen and oxygen atoms in total. The lowest BCUT2D eigenvalue weighted by atomic mass is 10.0. The molecule has 2 N–H and O–H groups in total. The van der Waals surface area contributed by atoms with Crippen LogP contribution in [0.3, 0.4) is 0 Å². The zero-order valence-electron chi connectivity index (χ0n) is 12.0. The van der Waals surface area contributed by atoms with Crippen LogP contribution in [0.4, 0.5) is 10.1 Å². The summed E-state index contributed by atoms with van der Waals surface area (Å²) >= 11 is 0. The summed E-state index contributed by atoms with van der Waals surface area (Å²) in [5.41, 5.74) is 4.66. The molecule has 2 aromatic rings. The van der Waals surface area contributed by atoms with Crippen molar-refractivity contribution in [1.29, 1.82) is 0 Å². The van der Waals surface area contributed by atoms with E-state index in [-0.39, 0.29) is 11.6 Å². The van der Waals surface area contributed by atoms with E-state index in [1.54, 1.807) is 24.3 Å². The molecule has 0 bridgehead atoms. The van der Waals surface area contributed by atoms with Crippen LogP contribution in [-0.2, 0) is 4.79 Å². The van der Waals surface area contributed by atoms with Crippen LogP contribution < -0.4 is 10.7 Å². The fourth-order valence-electron chi connectivity index (χ4n) is 2.16. The third-order valence-electron chi connectivity index (χ3n) is 3.33. The Hall–Kier alpha value is -3.09. The molecule has 0 saturated heterocycles. The first-order chi connectivity index (χ1) is 11.1. The number of hydrogen-bond acceptors (Lipinski definition) is 4. The molecule has 0 fully saturated rings. The van der Waals surface area contributed by atoms with Crippen molar-refractivity contribution in [3.05, 3.63) is 59.7 Å². The van der Waals surface area contributed by atoms with E-state index in [1.165, 1.54) is 18.2 Å². The van der Waals surface area contributed by atoms with Crippen molar-refractivity contribution in [1.82, 2.24) is 10.4 Å². The lowest BCUT2D eigenvalue weighted by Crippen LogP contribution is -2.25. The number of nitrogens with one attached hydrogen (secondary N) is 2. The highest BCUT2D eigenvalue weighted by Gasteiger charge is 2.13. The molecular weight excluding hydrogens is 299 g/mol. The number of pyridine rings is 1. The number of halogens is 1. The number of benzene rings is 1. The molecule has 0 spiro atoms. The van der Waals surface area contributed by atoms with Gasteiger partial charge in [-0.25, -0.2) is 10.4 Å². The van der Waals surface area contributed by atoms with Crippen LogP contribution in [0, 0.1) is 5.95 Å². The number of rotatable bonds is 3. The second kappa shape index (κ2) is 6.35. The Morgan fingerprint density at radius 2 is 1.91 bits per heavy atom. The summed E-state index contributed by atoms with van der Waals surface area (Å²) in [6.07, 6.45) is 0.979. The van der Waals surface area contributed by atoms with Crippen molar-refractivity contribution < 1.29 is 14.0 Å². The summed E-state index contributed by atoms with van der Waals surface area (Å²) in [5.74, 6) is -1.29. The summed E-state index contributed by atoms with van der Waals surface area (Å²) in [7, 11) is 0. The van der Waals surface area contributed by atoms with Crippen LogP contribution >= 0.6 is 0 Å². The monoisotopic (exact) mass is 312 g/mol. The molecule has 7 heteroatoms. The van der Waals surface area contributed by atoms with Gasteiger partial charge < -0.3 is 5.32 Å². The van der Waals surface area contributed by atoms with E-state index in [2.05, 4.69) is 20.8 Å². The number of carbonyl (C=O) groups is 2. The maximum atomic E-state index is 13.0. The summed E-state index contributed by atoms with van der Waals surface area (Å²) in [6, 6.07) is 11.1. The van der Waals surface area contributed by atoms with Gasteiger partial charge in [-0.05, 0) is 29.8 Å². The van der Waals surface area contributed by atoms with E-state index >= 15 is 0 Å². The molecule has 0 unspecified atom stereocenters. The van der Waals surface area contributed by atoms with Gasteiger partial charge in [-0.2, -0.15) is 9.49 Å². The second-order valence-electron chi connectivity index (χ2n) is 4.97. The van der Waals surface area contributed by atoms with Gasteiger partial charge in [0.1, 0.15) is 5.69 Å². The highest BCUT2D eigenvalue weighted by Crippen LogP contribution is 2.15. The number of aromatic nitrogens is 1. The minimum absolute atomic E-state index is 0.00782. The van der Waals surface area contributed by atoms with Crippen LogP contribution in [0.1, 0.15) is 28.9 Å². The van der Waals surface area contributed by atoms with Crippen molar-refractivity contribution >= 4 is 23.2 Å². The number of nitrogens with zero attached hydrogens (tertiary/aromatic N) is 2. The molecule has 0 atom stereocenters. The van der Waals surface area contributed by atoms with Gasteiger partial charge in [-0.1, -0.05) is 18.2 Å². The van der Waals surface area contributed by atoms with Gasteiger partial charge >= 0.3 is 0 Å². The first-order valence-electron chi connectivity index (χ1n) is 7.01. The first-order valence-corrected chi connectivity index (χ1v) is 7.01. The van der Waals surface area contributed by atoms with Crippen molar-refractivity contribution in [3.8, 4) is 0 Å². The second-order valence-corrected chi connectivity index (χ2v) is 4.97. The van der Waals surface area contributed by atoms with Gasteiger partial charge in [-0.3, -0.25) is 9.59 Å². The summed E-state index contributed by atoms with van der Waals surface area (Å²) in [5, 5.41) is 6.65. The van der Waals surface area contributed by atoms with Crippen molar-refractivity contribution in [2.24, 2.45) is 5.10 Å². The van der Waals surface area contributed by atoms with Crippen molar-refractivity contribution in [3.63, 3.8) is 0 Å². The number of amides is 2. The Kier molecular flexibility index (Phi) is 4.09. The summed E-state index contributed by atoms with van der Waals surface area (Å²) in [4.78, 5) is 26.6. The van der Waals surface area contributed by atoms with E-state index in [0.717, 1.165) is 11.3 Å². The molecule has 1 aliphatic heterocycles. The van der Waals surface area contributed by atoms with Crippen LogP contribution in [0.2, 0.25) is 0 Å². The molecule has 116 valence electrons. The molecule has 23 heavy (non-hydrogen) atoms. The molecule has 0 radical (unpaired) electrons. The minimum atomic E-state index is -0.703. The van der Waals surface area contributed by atoms with Gasteiger partial charge in [0.05, 0.1) is 5.71 Å². The van der Waals surface area contributed by atoms with E-state index in [4.69, 9.17) is 0 Å². The normalized spacial score (nSPS) is 14.0. The van der Waals surface area contributed by atoms with Gasteiger partial charge in [0.15, 0.2) is 0 Å². The standard InChI is InChI=1S/C16H13FN4O2/c17-14-3-1-2-13(19-14)16(23)18-11-6-4-10(5-7-11)12-8-9-15(22)21-20-12/h1-7H,8-9H2,(H,18,23)(H,21,22). The van der Waals surface area contributed by atoms with E-state index < -0.39 is 11.9 Å². The Balaban J connectivity index is 1.70. The highest BCUT2D eigenvalue weighted by atomic mass is 19.1. The summed E-state index contributed by atoms with van der Waals surface area (Å²) in [6.45, 7) is 0. The maximum absolute atomic E-state index is 13.0. The molecule has 0 aliphatic carbocycles. The van der Waals surface area contributed by atoms with Crippen molar-refractivity contribution in [2.45, 2.75) is 12.8 Å². The molecule has 3 rings (SSSR count). The first kappa shape index (κ1) is 14.8. The predicted octanol–water partition coefficient (Wildman–Crippen LogP) is 2.09. The largest absolute Gasteiger partial charge is 0.321 e. The fraction of sp³-hybridized carbons (Fsp3) is 0.125. The van der Waals surface area contributed by atoms with Gasteiger partial charge in [0.2, 0.25) is 11.9 Å². The SMILES string of the molecule is O=C1CCC(c2ccc(NC(=O)c3cccc(F)n3)cc2)=NN1. The Morgan fingerprint density at radius 1 is 1.13 bits per heavy atom. The van der Waals surface area contributed by atoms with Gasteiger partial charge in [0, 0.05) is 18.5 Å². The lowest BCUT2D eigenvalue weighted by molar-refractivity contribution is -0.121. The Bertz CT molecular complexity index is 787. The average Bonchev–Trinajstić information content (AvgIpc) is 2.56. The van der Waals surface area contributed by atoms with E-state index in [9.17, 15) is 14.0 Å². The fourth-order valence-corrected chi connectivity index (χ4v) is 2.16. The Labute approximate surface area is 131 Å². The molecule has 1 aromatic heterocycles.